The molecular formula is C15H15BrF6O. The molecule has 0 amide bonds. The van der Waals surface area contributed by atoms with Crippen LogP contribution in [0.1, 0.15) is 44.1 Å². The van der Waals surface area contributed by atoms with Gasteiger partial charge in [0.1, 0.15) is 0 Å². The van der Waals surface area contributed by atoms with Gasteiger partial charge < -0.3 is 4.74 Å². The van der Waals surface area contributed by atoms with Crippen LogP contribution < -0.4 is 4.74 Å². The van der Waals surface area contributed by atoms with E-state index >= 15 is 0 Å². The highest BCUT2D eigenvalue weighted by Crippen LogP contribution is 2.43. The molecule has 1 aliphatic rings. The van der Waals surface area contributed by atoms with Gasteiger partial charge in [-0.2, -0.15) is 22.0 Å². The second kappa shape index (κ2) is 6.53. The lowest BCUT2D eigenvalue weighted by molar-refractivity contribution is -0.267. The third-order valence-electron chi connectivity index (χ3n) is 4.10. The van der Waals surface area contributed by atoms with E-state index in [-0.39, 0.29) is 11.5 Å². The van der Waals surface area contributed by atoms with E-state index in [0.717, 1.165) is 25.0 Å². The molecule has 1 nitrogen and oxygen atoms in total. The van der Waals surface area contributed by atoms with E-state index in [1.165, 1.54) is 15.9 Å². The lowest BCUT2D eigenvalue weighted by Gasteiger charge is -2.27. The molecule has 1 fully saturated rings. The summed E-state index contributed by atoms with van der Waals surface area (Å²) >= 11 is 1.46. The van der Waals surface area contributed by atoms with Crippen molar-refractivity contribution >= 4 is 15.9 Å². The van der Waals surface area contributed by atoms with E-state index in [1.54, 1.807) is 0 Å². The molecule has 0 N–H and O–H groups in total. The van der Waals surface area contributed by atoms with E-state index in [9.17, 15) is 26.3 Å². The highest BCUT2D eigenvalue weighted by molar-refractivity contribution is 9.10. The number of halogens is 7. The molecular weight excluding hydrogens is 390 g/mol. The Morgan fingerprint density at radius 3 is 2.09 bits per heavy atom. The molecule has 0 heterocycles. The van der Waals surface area contributed by atoms with Crippen molar-refractivity contribution in [1.82, 2.24) is 0 Å². The molecule has 1 saturated carbocycles. The van der Waals surface area contributed by atoms with Crippen LogP contribution in [0.4, 0.5) is 26.3 Å². The zero-order valence-electron chi connectivity index (χ0n) is 12.2. The molecule has 1 aromatic carbocycles. The van der Waals surface area contributed by atoms with E-state index in [4.69, 9.17) is 0 Å². The SMILES string of the molecule is CC1CCC(c2ccc(OC(F)(F)C(F)(F)Br)c(F)c2F)CC1. The third kappa shape index (κ3) is 3.95. The number of hydrogen-bond acceptors (Lipinski definition) is 1. The van der Waals surface area contributed by atoms with E-state index < -0.39 is 28.3 Å². The van der Waals surface area contributed by atoms with Gasteiger partial charge in [0.15, 0.2) is 11.6 Å². The summed E-state index contributed by atoms with van der Waals surface area (Å²) in [6, 6.07) is 1.88. The lowest BCUT2D eigenvalue weighted by atomic mass is 9.79. The first-order valence-electron chi connectivity index (χ1n) is 7.14. The topological polar surface area (TPSA) is 9.23 Å². The Hall–Kier alpha value is -0.920. The van der Waals surface area contributed by atoms with Crippen molar-refractivity contribution < 1.29 is 31.1 Å². The van der Waals surface area contributed by atoms with Crippen LogP contribution in [0.15, 0.2) is 12.1 Å². The maximum atomic E-state index is 14.1. The normalized spacial score (nSPS) is 23.0. The second-order valence-corrected chi connectivity index (χ2v) is 6.85. The Balaban J connectivity index is 2.24. The summed E-state index contributed by atoms with van der Waals surface area (Å²) in [6.45, 7) is 2.06. The fraction of sp³-hybridized carbons (Fsp3) is 0.600. The first-order chi connectivity index (χ1) is 10.5. The van der Waals surface area contributed by atoms with Gasteiger partial charge in [-0.15, -0.1) is 0 Å². The largest absolute Gasteiger partial charge is 0.475 e. The molecule has 2 rings (SSSR count). The number of hydrogen-bond donors (Lipinski definition) is 0. The molecule has 23 heavy (non-hydrogen) atoms. The maximum absolute atomic E-state index is 14.1. The van der Waals surface area contributed by atoms with Gasteiger partial charge in [0, 0.05) is 15.9 Å². The summed E-state index contributed by atoms with van der Waals surface area (Å²) in [6.07, 6.45) is -1.97. The third-order valence-corrected chi connectivity index (χ3v) is 4.56. The number of ether oxygens (including phenoxy) is 1. The second-order valence-electron chi connectivity index (χ2n) is 5.85. The molecule has 8 heteroatoms. The molecule has 0 bridgehead atoms. The average molecular weight is 405 g/mol. The molecule has 1 aliphatic carbocycles. The van der Waals surface area contributed by atoms with E-state index in [1.807, 2.05) is 0 Å². The van der Waals surface area contributed by atoms with Gasteiger partial charge in [0.2, 0.25) is 5.82 Å². The number of rotatable bonds is 4. The maximum Gasteiger partial charge on any atom is 0.475 e. The monoisotopic (exact) mass is 404 g/mol. The standard InChI is InChI=1S/C15H15BrF6O/c1-8-2-4-9(5-3-8)10-6-7-11(13(18)12(10)17)23-15(21,22)14(16,19)20/h6-9H,2-5H2,1H3. The van der Waals surface area contributed by atoms with Crippen LogP contribution in [0.2, 0.25) is 0 Å². The Labute approximate surface area is 138 Å². The fourth-order valence-corrected chi connectivity index (χ4v) is 2.79. The van der Waals surface area contributed by atoms with Crippen LogP contribution >= 0.6 is 15.9 Å². The molecule has 0 radical (unpaired) electrons. The van der Waals surface area contributed by atoms with Crippen LogP contribution in [-0.2, 0) is 0 Å². The molecule has 0 aromatic heterocycles. The smallest absolute Gasteiger partial charge is 0.424 e. The van der Waals surface area contributed by atoms with Gasteiger partial charge in [-0.05, 0) is 36.3 Å². The van der Waals surface area contributed by atoms with Crippen molar-refractivity contribution in [3.63, 3.8) is 0 Å². The van der Waals surface area contributed by atoms with Gasteiger partial charge in [-0.25, -0.2) is 4.39 Å². The predicted octanol–water partition coefficient (Wildman–Crippen LogP) is 6.22. The van der Waals surface area contributed by atoms with Crippen molar-refractivity contribution in [2.75, 3.05) is 0 Å². The first-order valence-corrected chi connectivity index (χ1v) is 7.93. The summed E-state index contributed by atoms with van der Waals surface area (Å²) in [5, 5.41) is 0. The molecule has 130 valence electrons. The average Bonchev–Trinajstić information content (AvgIpc) is 2.44. The Kier molecular flexibility index (Phi) is 5.23. The minimum atomic E-state index is -5.01. The van der Waals surface area contributed by atoms with Crippen molar-refractivity contribution in [1.29, 1.82) is 0 Å². The van der Waals surface area contributed by atoms with E-state index in [0.29, 0.717) is 18.8 Å². The Morgan fingerprint density at radius 1 is 1.00 bits per heavy atom. The van der Waals surface area contributed by atoms with Gasteiger partial charge >= 0.3 is 10.9 Å². The molecule has 0 aliphatic heterocycles. The zero-order valence-corrected chi connectivity index (χ0v) is 13.8. The summed E-state index contributed by atoms with van der Waals surface area (Å²) < 4.78 is 83.3. The number of benzene rings is 1. The van der Waals surface area contributed by atoms with Gasteiger partial charge in [-0.1, -0.05) is 25.8 Å². The zero-order chi connectivity index (χ0) is 17.4. The Morgan fingerprint density at radius 2 is 1.57 bits per heavy atom. The highest BCUT2D eigenvalue weighted by Gasteiger charge is 2.58. The van der Waals surface area contributed by atoms with Gasteiger partial charge in [0.05, 0.1) is 0 Å². The summed E-state index contributed by atoms with van der Waals surface area (Å²) in [5.41, 5.74) is 0.0654. The van der Waals surface area contributed by atoms with Crippen molar-refractivity contribution in [3.8, 4) is 5.75 Å². The van der Waals surface area contributed by atoms with Crippen LogP contribution in [-0.4, -0.2) is 10.9 Å². The Bertz CT molecular complexity index is 564. The molecule has 0 saturated heterocycles. The van der Waals surface area contributed by atoms with Crippen LogP contribution in [0.25, 0.3) is 0 Å². The minimum absolute atomic E-state index is 0.0654. The van der Waals surface area contributed by atoms with Crippen LogP contribution in [0.3, 0.4) is 0 Å². The molecule has 0 unspecified atom stereocenters. The van der Waals surface area contributed by atoms with Gasteiger partial charge in [0.25, 0.3) is 0 Å². The summed E-state index contributed by atoms with van der Waals surface area (Å²) in [4.78, 5) is -4.71. The van der Waals surface area contributed by atoms with E-state index in [2.05, 4.69) is 11.7 Å². The summed E-state index contributed by atoms with van der Waals surface area (Å²) in [7, 11) is 0. The van der Waals surface area contributed by atoms with Crippen molar-refractivity contribution in [2.24, 2.45) is 5.92 Å². The molecule has 1 aromatic rings. The summed E-state index contributed by atoms with van der Waals surface area (Å²) in [5.74, 6) is -3.97. The lowest BCUT2D eigenvalue weighted by Crippen LogP contribution is -2.40. The van der Waals surface area contributed by atoms with Crippen LogP contribution in [0.5, 0.6) is 5.75 Å². The minimum Gasteiger partial charge on any atom is -0.424 e. The van der Waals surface area contributed by atoms with Crippen molar-refractivity contribution in [3.05, 3.63) is 29.3 Å². The van der Waals surface area contributed by atoms with Gasteiger partial charge in [-0.3, -0.25) is 0 Å². The van der Waals surface area contributed by atoms with Crippen molar-refractivity contribution in [2.45, 2.75) is 49.5 Å². The molecule has 0 spiro atoms. The molecule has 0 atom stereocenters. The quantitative estimate of drug-likeness (QED) is 0.427. The first kappa shape index (κ1) is 18.4. The number of alkyl halides is 5. The predicted molar refractivity (Wildman–Crippen MR) is 76.2 cm³/mol. The highest BCUT2D eigenvalue weighted by atomic mass is 79.9. The fourth-order valence-electron chi connectivity index (χ4n) is 2.71. The van der Waals surface area contributed by atoms with Crippen LogP contribution in [0, 0.1) is 17.6 Å².